The number of aromatic nitrogens is 4. The number of piperazine rings is 1. The molecule has 0 radical (unpaired) electrons. The first-order valence-corrected chi connectivity index (χ1v) is 12.4. The Morgan fingerprint density at radius 3 is 2.58 bits per heavy atom. The van der Waals surface area contributed by atoms with E-state index in [9.17, 15) is 15.6 Å². The molecule has 0 amide bonds. The highest BCUT2D eigenvalue weighted by Gasteiger charge is 2.24. The van der Waals surface area contributed by atoms with Gasteiger partial charge in [0.15, 0.2) is 5.65 Å². The molecule has 3 aromatic rings. The zero-order valence-corrected chi connectivity index (χ0v) is 20.7. The van der Waals surface area contributed by atoms with E-state index in [4.69, 9.17) is 11.6 Å². The average Bonchev–Trinajstić information content (AvgIpc) is 3.26. The molecule has 2 fully saturated rings. The molecule has 0 spiro atoms. The minimum absolute atomic E-state index is 0.256. The van der Waals surface area contributed by atoms with Gasteiger partial charge in [0.1, 0.15) is 11.6 Å². The number of aliphatic hydroxyl groups excluding tert-OH is 1. The largest absolute Gasteiger partial charge is 0.392 e. The summed E-state index contributed by atoms with van der Waals surface area (Å²) in [6.07, 6.45) is 4.34. The lowest BCUT2D eigenvalue weighted by molar-refractivity contribution is 0.123. The number of anilines is 4. The highest BCUT2D eigenvalue weighted by Crippen LogP contribution is 2.36. The van der Waals surface area contributed by atoms with Gasteiger partial charge in [0, 0.05) is 38.8 Å². The number of fused-ring (bicyclic) bond motifs is 1. The number of β-amino-alcohol motifs (C(OH)–C–C–N with tert-alkyl or cyclic N) is 1. The zero-order valence-electron chi connectivity index (χ0n) is 19.9. The van der Waals surface area contributed by atoms with Gasteiger partial charge in [-0.25, -0.2) is 0 Å². The molecule has 12 heteroatoms. The smallest absolute Gasteiger partial charge is 0.232 e. The fourth-order valence-corrected chi connectivity index (χ4v) is 4.78. The van der Waals surface area contributed by atoms with Gasteiger partial charge in [0.25, 0.3) is 0 Å². The van der Waals surface area contributed by atoms with Crippen molar-refractivity contribution in [2.24, 2.45) is 0 Å². The third kappa shape index (κ3) is 4.86. The van der Waals surface area contributed by atoms with Crippen LogP contribution in [0.4, 0.5) is 23.3 Å². The number of nitrogens with one attached hydrogen (secondary N) is 2. The summed E-state index contributed by atoms with van der Waals surface area (Å²) >= 11 is 6.84. The molecule has 5 rings (SSSR count). The fourth-order valence-electron chi connectivity index (χ4n) is 4.50. The Hall–Kier alpha value is -3.64. The van der Waals surface area contributed by atoms with Crippen molar-refractivity contribution in [3.05, 3.63) is 34.5 Å². The maximum atomic E-state index is 9.69. The molecule has 1 saturated heterocycles. The van der Waals surface area contributed by atoms with Gasteiger partial charge in [-0.15, -0.1) is 0 Å². The minimum Gasteiger partial charge on any atom is -0.392 e. The topological polar surface area (TPSA) is 141 Å². The molecule has 0 bridgehead atoms. The van der Waals surface area contributed by atoms with Crippen LogP contribution in [0.15, 0.2) is 18.3 Å². The molecular weight excluding hydrogens is 480 g/mol. The quantitative estimate of drug-likeness (QED) is 0.437. The zero-order chi connectivity index (χ0) is 25.2. The molecule has 1 aliphatic heterocycles. The average molecular weight is 507 g/mol. The molecule has 2 aromatic heterocycles. The van der Waals surface area contributed by atoms with Crippen LogP contribution in [0.3, 0.4) is 0 Å². The lowest BCUT2D eigenvalue weighted by atomic mass is 9.93. The second kappa shape index (κ2) is 10.2. The van der Waals surface area contributed by atoms with Crippen LogP contribution in [-0.4, -0.2) is 74.5 Å². The van der Waals surface area contributed by atoms with Crippen molar-refractivity contribution in [2.75, 3.05) is 48.3 Å². The molecule has 11 nitrogen and oxygen atoms in total. The van der Waals surface area contributed by atoms with Gasteiger partial charge < -0.3 is 20.6 Å². The van der Waals surface area contributed by atoms with Crippen LogP contribution < -0.4 is 15.5 Å². The summed E-state index contributed by atoms with van der Waals surface area (Å²) in [6.45, 7) is 5.43. The van der Waals surface area contributed by atoms with E-state index in [2.05, 4.69) is 47.6 Å². The van der Waals surface area contributed by atoms with Gasteiger partial charge in [-0.3, -0.25) is 4.90 Å². The van der Waals surface area contributed by atoms with Crippen LogP contribution >= 0.6 is 11.6 Å². The van der Waals surface area contributed by atoms with Crippen molar-refractivity contribution in [2.45, 2.75) is 38.3 Å². The number of hydrogen-bond donors (Lipinski definition) is 3. The van der Waals surface area contributed by atoms with Crippen molar-refractivity contribution < 1.29 is 5.11 Å². The molecule has 1 aliphatic carbocycles. The predicted octanol–water partition coefficient (Wildman–Crippen LogP) is 2.73. The van der Waals surface area contributed by atoms with Crippen molar-refractivity contribution in [1.82, 2.24) is 24.5 Å². The summed E-state index contributed by atoms with van der Waals surface area (Å²) in [5, 5.41) is 40.2. The van der Waals surface area contributed by atoms with Crippen LogP contribution in [0.25, 0.3) is 5.65 Å². The molecule has 1 saturated carbocycles. The van der Waals surface area contributed by atoms with E-state index < -0.39 is 0 Å². The molecule has 186 valence electrons. The van der Waals surface area contributed by atoms with Crippen molar-refractivity contribution in [3.8, 4) is 12.1 Å². The first kappa shape index (κ1) is 24.1. The van der Waals surface area contributed by atoms with E-state index in [0.717, 1.165) is 51.1 Å². The Balaban J connectivity index is 1.45. The van der Waals surface area contributed by atoms with Crippen molar-refractivity contribution in [3.63, 3.8) is 0 Å². The van der Waals surface area contributed by atoms with Crippen LogP contribution in [0.5, 0.6) is 0 Å². The van der Waals surface area contributed by atoms with Crippen molar-refractivity contribution in [1.29, 1.82) is 10.5 Å². The Kier molecular flexibility index (Phi) is 6.79. The molecule has 3 N–H and O–H groups in total. The Labute approximate surface area is 213 Å². The number of nitriles is 2. The van der Waals surface area contributed by atoms with E-state index in [1.807, 2.05) is 0 Å². The Bertz CT molecular complexity index is 1350. The van der Waals surface area contributed by atoms with Gasteiger partial charge >= 0.3 is 0 Å². The molecule has 2 aliphatic rings. The summed E-state index contributed by atoms with van der Waals surface area (Å²) in [6, 6.07) is 8.09. The van der Waals surface area contributed by atoms with Gasteiger partial charge in [-0.1, -0.05) is 11.6 Å². The number of hydrogen-bond acceptors (Lipinski definition) is 10. The second-order valence-corrected chi connectivity index (χ2v) is 9.66. The normalized spacial score (nSPS) is 17.3. The lowest BCUT2D eigenvalue weighted by Crippen LogP contribution is -2.48. The van der Waals surface area contributed by atoms with Crippen LogP contribution in [0.1, 0.15) is 37.3 Å². The van der Waals surface area contributed by atoms with E-state index in [1.165, 1.54) is 10.7 Å². The summed E-state index contributed by atoms with van der Waals surface area (Å²) in [5.74, 6) is 0.752. The molecule has 36 heavy (non-hydrogen) atoms. The van der Waals surface area contributed by atoms with Crippen molar-refractivity contribution >= 4 is 40.5 Å². The molecular formula is C24H27ClN10O. The summed E-state index contributed by atoms with van der Waals surface area (Å²) in [7, 11) is 0. The van der Waals surface area contributed by atoms with Gasteiger partial charge in [-0.05, 0) is 38.3 Å². The highest BCUT2D eigenvalue weighted by molar-refractivity contribution is 6.36. The standard InChI is InChI=1S/C24H27ClN10O/c1-15(36)14-33-5-7-34(8-6-33)20-10-16(11-26)9-19(21(20)25)30-23-31-22-17(12-27)13-28-35(22)24(32-23)29-18-3-2-4-18/h9-10,13,15,18,36H,2-8,14H2,1H3,(H2,29,30,31,32)/t15-/m0/s1. The minimum atomic E-state index is -0.379. The van der Waals surface area contributed by atoms with E-state index >= 15 is 0 Å². The SMILES string of the molecule is C[C@H](O)CN1CCN(c2cc(C#N)cc(Nc3nc(NC4CCC4)n4ncc(C#N)c4n3)c2Cl)CC1. The van der Waals surface area contributed by atoms with Gasteiger partial charge in [0.05, 0.1) is 40.3 Å². The molecule has 1 aromatic carbocycles. The summed E-state index contributed by atoms with van der Waals surface area (Å²) in [5.41, 5.74) is 2.45. The van der Waals surface area contributed by atoms with Gasteiger partial charge in [0.2, 0.25) is 11.9 Å². The lowest BCUT2D eigenvalue weighted by Gasteiger charge is -2.37. The summed E-state index contributed by atoms with van der Waals surface area (Å²) < 4.78 is 1.54. The third-order valence-corrected chi connectivity index (χ3v) is 6.99. The predicted molar refractivity (Wildman–Crippen MR) is 137 cm³/mol. The molecule has 3 heterocycles. The Morgan fingerprint density at radius 2 is 1.94 bits per heavy atom. The third-order valence-electron chi connectivity index (χ3n) is 6.59. The maximum Gasteiger partial charge on any atom is 0.232 e. The van der Waals surface area contributed by atoms with E-state index in [1.54, 1.807) is 19.1 Å². The molecule has 0 unspecified atom stereocenters. The number of halogens is 1. The maximum absolute atomic E-state index is 9.69. The van der Waals surface area contributed by atoms with E-state index in [0.29, 0.717) is 46.0 Å². The van der Waals surface area contributed by atoms with Crippen LogP contribution in [0, 0.1) is 22.7 Å². The van der Waals surface area contributed by atoms with Crippen LogP contribution in [0.2, 0.25) is 5.02 Å². The highest BCUT2D eigenvalue weighted by atomic mass is 35.5. The van der Waals surface area contributed by atoms with Gasteiger partial charge in [-0.2, -0.15) is 30.1 Å². The monoisotopic (exact) mass is 506 g/mol. The first-order chi connectivity index (χ1) is 17.4. The molecule has 1 atom stereocenters. The number of rotatable bonds is 7. The first-order valence-electron chi connectivity index (χ1n) is 12.0. The fraction of sp³-hybridized carbons (Fsp3) is 0.458. The Morgan fingerprint density at radius 1 is 1.17 bits per heavy atom. The number of nitrogens with zero attached hydrogens (tertiary/aromatic N) is 8. The second-order valence-electron chi connectivity index (χ2n) is 9.28. The van der Waals surface area contributed by atoms with Crippen LogP contribution in [-0.2, 0) is 0 Å². The number of benzene rings is 1. The van der Waals surface area contributed by atoms with E-state index in [-0.39, 0.29) is 12.1 Å². The summed E-state index contributed by atoms with van der Waals surface area (Å²) in [4.78, 5) is 13.5. The number of aliphatic hydroxyl groups is 1.